The van der Waals surface area contributed by atoms with Crippen LogP contribution in [0.4, 0.5) is 15.3 Å². The molecule has 0 N–H and O–H groups in total. The Morgan fingerprint density at radius 3 is 2.31 bits per heavy atom. The first kappa shape index (κ1) is 18.2. The summed E-state index contributed by atoms with van der Waals surface area (Å²) in [5, 5.41) is 0. The molecule has 2 aliphatic rings. The summed E-state index contributed by atoms with van der Waals surface area (Å²) >= 11 is 0. The largest absolute Gasteiger partial charge is 0.444 e. The SMILES string of the molecule is CC(=O)c1ccc(N2CC3CN(C(=O)OC(C)(C)C)CCN3C2=O)cc1. The van der Waals surface area contributed by atoms with Crippen molar-refractivity contribution in [2.45, 2.75) is 39.3 Å². The normalized spacial score (nSPS) is 20.2. The Morgan fingerprint density at radius 1 is 1.08 bits per heavy atom. The lowest BCUT2D eigenvalue weighted by atomic mass is 10.1. The Labute approximate surface area is 153 Å². The molecule has 2 fully saturated rings. The van der Waals surface area contributed by atoms with Gasteiger partial charge in [0.15, 0.2) is 5.78 Å². The van der Waals surface area contributed by atoms with E-state index < -0.39 is 5.60 Å². The van der Waals surface area contributed by atoms with Gasteiger partial charge in [0, 0.05) is 37.4 Å². The molecule has 1 unspecified atom stereocenters. The van der Waals surface area contributed by atoms with Crippen LogP contribution in [0.25, 0.3) is 0 Å². The van der Waals surface area contributed by atoms with Gasteiger partial charge in [-0.25, -0.2) is 9.59 Å². The first-order valence-electron chi connectivity index (χ1n) is 8.83. The van der Waals surface area contributed by atoms with Gasteiger partial charge >= 0.3 is 12.1 Å². The molecule has 7 heteroatoms. The number of Topliss-reactive ketones (excluding diaryl/α,β-unsaturated/α-hetero) is 1. The summed E-state index contributed by atoms with van der Waals surface area (Å²) in [6.07, 6.45) is -0.339. The molecule has 1 atom stereocenters. The van der Waals surface area contributed by atoms with E-state index in [0.717, 1.165) is 5.69 Å². The first-order valence-corrected chi connectivity index (χ1v) is 8.83. The van der Waals surface area contributed by atoms with Crippen LogP contribution in [0.1, 0.15) is 38.1 Å². The fourth-order valence-corrected chi connectivity index (χ4v) is 3.29. The lowest BCUT2D eigenvalue weighted by Crippen LogP contribution is -2.54. The zero-order valence-corrected chi connectivity index (χ0v) is 15.7. The Balaban J connectivity index is 1.69. The second-order valence-electron chi connectivity index (χ2n) is 7.77. The van der Waals surface area contributed by atoms with Gasteiger partial charge in [-0.3, -0.25) is 9.69 Å². The van der Waals surface area contributed by atoms with Crippen LogP contribution in [0.2, 0.25) is 0 Å². The smallest absolute Gasteiger partial charge is 0.410 e. The molecule has 0 aromatic heterocycles. The van der Waals surface area contributed by atoms with E-state index in [9.17, 15) is 14.4 Å². The van der Waals surface area contributed by atoms with E-state index in [1.54, 1.807) is 39.0 Å². The minimum absolute atomic E-state index is 0.00489. The number of urea groups is 1. The zero-order chi connectivity index (χ0) is 19.1. The molecule has 2 heterocycles. The average Bonchev–Trinajstić information content (AvgIpc) is 2.90. The van der Waals surface area contributed by atoms with Gasteiger partial charge in [0.25, 0.3) is 0 Å². The van der Waals surface area contributed by atoms with Crippen LogP contribution < -0.4 is 4.90 Å². The molecular weight excluding hydrogens is 334 g/mol. The minimum atomic E-state index is -0.537. The van der Waals surface area contributed by atoms with Crippen molar-refractivity contribution >= 4 is 23.6 Å². The summed E-state index contributed by atoms with van der Waals surface area (Å²) in [5.74, 6) is -0.00489. The highest BCUT2D eigenvalue weighted by molar-refractivity contribution is 5.97. The number of carbonyl (C=O) groups excluding carboxylic acids is 3. The van der Waals surface area contributed by atoms with Gasteiger partial charge in [0.05, 0.1) is 6.04 Å². The number of hydrogen-bond acceptors (Lipinski definition) is 4. The van der Waals surface area contributed by atoms with E-state index in [0.29, 0.717) is 31.7 Å². The number of fused-ring (bicyclic) bond motifs is 1. The number of ketones is 1. The predicted octanol–water partition coefficient (Wildman–Crippen LogP) is 2.75. The number of carbonyl (C=O) groups is 3. The molecule has 0 saturated carbocycles. The van der Waals surface area contributed by atoms with Crippen molar-refractivity contribution in [1.29, 1.82) is 0 Å². The van der Waals surface area contributed by atoms with Crippen molar-refractivity contribution in [3.05, 3.63) is 29.8 Å². The summed E-state index contributed by atoms with van der Waals surface area (Å²) < 4.78 is 5.44. The van der Waals surface area contributed by atoms with Crippen molar-refractivity contribution < 1.29 is 19.1 Å². The van der Waals surface area contributed by atoms with Crippen LogP contribution in [-0.4, -0.2) is 65.5 Å². The molecule has 0 spiro atoms. The Hall–Kier alpha value is -2.57. The van der Waals surface area contributed by atoms with E-state index in [-0.39, 0.29) is 23.9 Å². The van der Waals surface area contributed by atoms with E-state index in [2.05, 4.69) is 0 Å². The van der Waals surface area contributed by atoms with Crippen LogP contribution in [0, 0.1) is 0 Å². The van der Waals surface area contributed by atoms with Crippen LogP contribution >= 0.6 is 0 Å². The second kappa shape index (κ2) is 6.63. The summed E-state index contributed by atoms with van der Waals surface area (Å²) in [6, 6.07) is 6.92. The number of benzene rings is 1. The maximum absolute atomic E-state index is 12.7. The highest BCUT2D eigenvalue weighted by atomic mass is 16.6. The number of hydrogen-bond donors (Lipinski definition) is 0. The number of nitrogens with zero attached hydrogens (tertiary/aromatic N) is 3. The average molecular weight is 359 g/mol. The first-order chi connectivity index (χ1) is 12.2. The highest BCUT2D eigenvalue weighted by Crippen LogP contribution is 2.27. The van der Waals surface area contributed by atoms with Crippen LogP contribution in [0.5, 0.6) is 0 Å². The third kappa shape index (κ3) is 3.66. The molecule has 7 nitrogen and oxygen atoms in total. The molecule has 3 rings (SSSR count). The van der Waals surface area contributed by atoms with Crippen molar-refractivity contribution in [3.63, 3.8) is 0 Å². The minimum Gasteiger partial charge on any atom is -0.444 e. The molecule has 0 radical (unpaired) electrons. The van der Waals surface area contributed by atoms with Crippen LogP contribution in [0.3, 0.4) is 0 Å². The van der Waals surface area contributed by atoms with E-state index in [1.165, 1.54) is 6.92 Å². The molecule has 1 aromatic rings. The lowest BCUT2D eigenvalue weighted by Gasteiger charge is -2.36. The highest BCUT2D eigenvalue weighted by Gasteiger charge is 2.42. The number of anilines is 1. The van der Waals surface area contributed by atoms with Crippen molar-refractivity contribution in [1.82, 2.24) is 9.80 Å². The quantitative estimate of drug-likeness (QED) is 0.762. The molecule has 2 saturated heterocycles. The van der Waals surface area contributed by atoms with Gasteiger partial charge in [-0.15, -0.1) is 0 Å². The third-order valence-corrected chi connectivity index (χ3v) is 4.59. The summed E-state index contributed by atoms with van der Waals surface area (Å²) in [5.41, 5.74) is 0.844. The Bertz CT molecular complexity index is 723. The van der Waals surface area contributed by atoms with Gasteiger partial charge in [0.1, 0.15) is 5.60 Å². The number of amides is 3. The fraction of sp³-hybridized carbons (Fsp3) is 0.526. The van der Waals surface area contributed by atoms with Gasteiger partial charge < -0.3 is 14.5 Å². The number of ether oxygens (including phenoxy) is 1. The molecule has 3 amide bonds. The number of rotatable bonds is 2. The Morgan fingerprint density at radius 2 is 1.73 bits per heavy atom. The standard InChI is InChI=1S/C19H25N3O4/c1-13(23)14-5-7-15(8-6-14)22-12-16-11-20(9-10-21(16)17(22)24)18(25)26-19(2,3)4/h5-8,16H,9-12H2,1-4H3. The van der Waals surface area contributed by atoms with Crippen molar-refractivity contribution in [3.8, 4) is 0 Å². The topological polar surface area (TPSA) is 70.2 Å². The lowest BCUT2D eigenvalue weighted by molar-refractivity contribution is 0.0128. The van der Waals surface area contributed by atoms with Gasteiger partial charge in [-0.2, -0.15) is 0 Å². The van der Waals surface area contributed by atoms with Crippen molar-refractivity contribution in [2.24, 2.45) is 0 Å². The summed E-state index contributed by atoms with van der Waals surface area (Å²) in [6.45, 7) is 8.97. The van der Waals surface area contributed by atoms with Gasteiger partial charge in [0.2, 0.25) is 0 Å². The van der Waals surface area contributed by atoms with E-state index in [1.807, 2.05) is 20.8 Å². The predicted molar refractivity (Wildman–Crippen MR) is 97.5 cm³/mol. The summed E-state index contributed by atoms with van der Waals surface area (Å²) in [7, 11) is 0. The number of piperazine rings is 1. The second-order valence-corrected chi connectivity index (χ2v) is 7.77. The Kier molecular flexibility index (Phi) is 4.64. The van der Waals surface area contributed by atoms with E-state index >= 15 is 0 Å². The van der Waals surface area contributed by atoms with Gasteiger partial charge in [-0.1, -0.05) is 0 Å². The monoisotopic (exact) mass is 359 g/mol. The molecular formula is C19H25N3O4. The molecule has 0 bridgehead atoms. The zero-order valence-electron chi connectivity index (χ0n) is 15.7. The summed E-state index contributed by atoms with van der Waals surface area (Å²) in [4.78, 5) is 41.6. The third-order valence-electron chi connectivity index (χ3n) is 4.59. The molecule has 2 aliphatic heterocycles. The van der Waals surface area contributed by atoms with Crippen molar-refractivity contribution in [2.75, 3.05) is 31.1 Å². The van der Waals surface area contributed by atoms with Crippen LogP contribution in [-0.2, 0) is 4.74 Å². The molecule has 140 valence electrons. The molecule has 0 aliphatic carbocycles. The van der Waals surface area contributed by atoms with Crippen LogP contribution in [0.15, 0.2) is 24.3 Å². The maximum Gasteiger partial charge on any atom is 0.410 e. The maximum atomic E-state index is 12.7. The molecule has 26 heavy (non-hydrogen) atoms. The van der Waals surface area contributed by atoms with Gasteiger partial charge in [-0.05, 0) is 52.0 Å². The fourth-order valence-electron chi connectivity index (χ4n) is 3.29. The molecule has 1 aromatic carbocycles. The van der Waals surface area contributed by atoms with E-state index in [4.69, 9.17) is 4.74 Å².